The van der Waals surface area contributed by atoms with Crippen LogP contribution in [0.1, 0.15) is 16.7 Å². The van der Waals surface area contributed by atoms with Crippen molar-refractivity contribution in [3.05, 3.63) is 70.3 Å². The molecule has 6 nitrogen and oxygen atoms in total. The number of hydrogen-bond acceptors (Lipinski definition) is 3. The molecule has 0 saturated carbocycles. The SMILES string of the molecule is O=C1NC(=O)C2(N1)C(=O)N(CC=Cc1ccc(Cl)c(C(F)(F)F)c1)c1ccccc12. The number of imide groups is 1. The molecule has 1 fully saturated rings. The summed E-state index contributed by atoms with van der Waals surface area (Å²) in [7, 11) is 0. The van der Waals surface area contributed by atoms with E-state index in [9.17, 15) is 27.6 Å². The fraction of sp³-hybridized carbons (Fsp3) is 0.150. The molecule has 1 unspecified atom stereocenters. The van der Waals surface area contributed by atoms with E-state index in [1.54, 1.807) is 24.3 Å². The minimum absolute atomic E-state index is 0.0231. The van der Waals surface area contributed by atoms with Crippen molar-refractivity contribution in [2.45, 2.75) is 11.7 Å². The van der Waals surface area contributed by atoms with Crippen LogP contribution in [0.15, 0.2) is 48.5 Å². The van der Waals surface area contributed by atoms with Crippen molar-refractivity contribution in [2.24, 2.45) is 0 Å². The molecule has 0 radical (unpaired) electrons. The van der Waals surface area contributed by atoms with Crippen molar-refractivity contribution in [1.82, 2.24) is 10.6 Å². The van der Waals surface area contributed by atoms with Crippen LogP contribution in [0.5, 0.6) is 0 Å². The maximum Gasteiger partial charge on any atom is 0.417 e. The molecule has 2 aromatic carbocycles. The van der Waals surface area contributed by atoms with Crippen LogP contribution in [0.3, 0.4) is 0 Å². The number of urea groups is 1. The second-order valence-corrected chi connectivity index (χ2v) is 7.14. The van der Waals surface area contributed by atoms with Gasteiger partial charge in [0.1, 0.15) is 0 Å². The normalized spacial score (nSPS) is 20.8. The van der Waals surface area contributed by atoms with Crippen molar-refractivity contribution >= 4 is 41.2 Å². The Hall–Kier alpha value is -3.33. The highest BCUT2D eigenvalue weighted by molar-refractivity contribution is 6.31. The van der Waals surface area contributed by atoms with Gasteiger partial charge in [-0.05, 0) is 23.8 Å². The Labute approximate surface area is 173 Å². The number of nitrogens with one attached hydrogen (secondary N) is 2. The first-order chi connectivity index (χ1) is 14.1. The topological polar surface area (TPSA) is 78.5 Å². The van der Waals surface area contributed by atoms with E-state index in [1.807, 2.05) is 0 Å². The van der Waals surface area contributed by atoms with Crippen molar-refractivity contribution in [1.29, 1.82) is 0 Å². The molecule has 154 valence electrons. The number of benzene rings is 2. The molecule has 0 aromatic heterocycles. The molecule has 1 saturated heterocycles. The summed E-state index contributed by atoms with van der Waals surface area (Å²) in [6.07, 6.45) is -1.68. The van der Waals surface area contributed by atoms with Crippen LogP contribution in [-0.2, 0) is 21.3 Å². The first-order valence-electron chi connectivity index (χ1n) is 8.73. The fourth-order valence-corrected chi connectivity index (χ4v) is 3.81. The van der Waals surface area contributed by atoms with Crippen molar-refractivity contribution in [3.63, 3.8) is 0 Å². The Balaban J connectivity index is 1.63. The van der Waals surface area contributed by atoms with E-state index < -0.39 is 40.1 Å². The summed E-state index contributed by atoms with van der Waals surface area (Å²) in [6.45, 7) is -0.0231. The Morgan fingerprint density at radius 3 is 2.50 bits per heavy atom. The van der Waals surface area contributed by atoms with Crippen LogP contribution in [0.2, 0.25) is 5.02 Å². The third-order valence-corrected chi connectivity index (χ3v) is 5.26. The molecule has 10 heteroatoms. The lowest BCUT2D eigenvalue weighted by molar-refractivity contribution is -0.137. The minimum atomic E-state index is -4.59. The Kier molecular flexibility index (Phi) is 4.58. The maximum atomic E-state index is 13.1. The highest BCUT2D eigenvalue weighted by Gasteiger charge is 2.60. The largest absolute Gasteiger partial charge is 0.417 e. The molecular weight excluding hydrogens is 423 g/mol. The number of carbonyl (C=O) groups excluding carboxylic acids is 3. The summed E-state index contributed by atoms with van der Waals surface area (Å²) in [4.78, 5) is 38.4. The van der Waals surface area contributed by atoms with Crippen molar-refractivity contribution in [3.8, 4) is 0 Å². The van der Waals surface area contributed by atoms with Crippen LogP contribution in [0, 0.1) is 0 Å². The molecule has 2 aliphatic heterocycles. The number of carbonyl (C=O) groups is 3. The summed E-state index contributed by atoms with van der Waals surface area (Å²) >= 11 is 5.62. The number of nitrogens with zero attached hydrogens (tertiary/aromatic N) is 1. The lowest BCUT2D eigenvalue weighted by Crippen LogP contribution is -2.52. The minimum Gasteiger partial charge on any atom is -0.312 e. The van der Waals surface area contributed by atoms with Gasteiger partial charge in [0.25, 0.3) is 11.8 Å². The zero-order chi connectivity index (χ0) is 21.7. The second-order valence-electron chi connectivity index (χ2n) is 6.73. The van der Waals surface area contributed by atoms with Gasteiger partial charge in [-0.2, -0.15) is 13.2 Å². The monoisotopic (exact) mass is 435 g/mol. The zero-order valence-electron chi connectivity index (χ0n) is 15.1. The van der Waals surface area contributed by atoms with Gasteiger partial charge in [-0.1, -0.05) is 48.0 Å². The van der Waals surface area contributed by atoms with Gasteiger partial charge >= 0.3 is 12.2 Å². The third kappa shape index (κ3) is 3.02. The fourth-order valence-electron chi connectivity index (χ4n) is 3.59. The molecule has 2 heterocycles. The average molecular weight is 436 g/mol. The molecule has 0 aliphatic carbocycles. The van der Waals surface area contributed by atoms with Crippen LogP contribution < -0.4 is 15.5 Å². The van der Waals surface area contributed by atoms with Crippen LogP contribution >= 0.6 is 11.6 Å². The summed E-state index contributed by atoms with van der Waals surface area (Å²) in [6, 6.07) is 9.19. The molecule has 2 aromatic rings. The van der Waals surface area contributed by atoms with E-state index in [-0.39, 0.29) is 12.1 Å². The van der Waals surface area contributed by atoms with Gasteiger partial charge in [-0.25, -0.2) is 4.79 Å². The predicted molar refractivity (Wildman–Crippen MR) is 103 cm³/mol. The summed E-state index contributed by atoms with van der Waals surface area (Å²) in [5.74, 6) is -1.42. The maximum absolute atomic E-state index is 13.1. The van der Waals surface area contributed by atoms with Crippen molar-refractivity contribution < 1.29 is 27.6 Å². The van der Waals surface area contributed by atoms with Gasteiger partial charge in [-0.3, -0.25) is 14.9 Å². The summed E-state index contributed by atoms with van der Waals surface area (Å²) in [5.41, 5.74) is -1.80. The van der Waals surface area contributed by atoms with Gasteiger partial charge in [0.15, 0.2) is 0 Å². The standard InChI is InChI=1S/C20H13ClF3N3O3/c21-14-8-7-11(10-13(14)20(22,23)24)4-3-9-27-15-6-2-1-5-12(15)19(17(27)29)16(28)25-18(30)26-19/h1-8,10H,9H2,(H2,25,26,28,30). The lowest BCUT2D eigenvalue weighted by atomic mass is 9.92. The Bertz CT molecular complexity index is 1120. The van der Waals surface area contributed by atoms with Gasteiger partial charge in [0.05, 0.1) is 16.3 Å². The van der Waals surface area contributed by atoms with E-state index in [0.29, 0.717) is 11.3 Å². The molecule has 1 atom stereocenters. The van der Waals surface area contributed by atoms with Crippen LogP contribution in [0.4, 0.5) is 23.7 Å². The van der Waals surface area contributed by atoms with E-state index in [4.69, 9.17) is 11.6 Å². The molecule has 30 heavy (non-hydrogen) atoms. The number of rotatable bonds is 3. The molecular formula is C20H13ClF3N3O3. The lowest BCUT2D eigenvalue weighted by Gasteiger charge is -2.20. The van der Waals surface area contributed by atoms with Gasteiger partial charge < -0.3 is 10.2 Å². The van der Waals surface area contributed by atoms with E-state index in [2.05, 4.69) is 10.6 Å². The molecule has 0 bridgehead atoms. The quantitative estimate of drug-likeness (QED) is 0.572. The first-order valence-corrected chi connectivity index (χ1v) is 9.11. The van der Waals surface area contributed by atoms with Gasteiger partial charge in [0, 0.05) is 12.1 Å². The van der Waals surface area contributed by atoms with Gasteiger partial charge in [-0.15, -0.1) is 0 Å². The Morgan fingerprint density at radius 2 is 1.83 bits per heavy atom. The average Bonchev–Trinajstić information content (AvgIpc) is 3.11. The molecule has 4 amide bonds. The number of para-hydroxylation sites is 1. The van der Waals surface area contributed by atoms with E-state index in [0.717, 1.165) is 12.1 Å². The highest BCUT2D eigenvalue weighted by Crippen LogP contribution is 2.42. The number of hydrogen-bond donors (Lipinski definition) is 2. The van der Waals surface area contributed by atoms with Crippen LogP contribution in [0.25, 0.3) is 6.08 Å². The molecule has 2 N–H and O–H groups in total. The van der Waals surface area contributed by atoms with Crippen LogP contribution in [-0.4, -0.2) is 24.4 Å². The predicted octanol–water partition coefficient (Wildman–Crippen LogP) is 3.45. The number of alkyl halides is 3. The third-order valence-electron chi connectivity index (χ3n) is 4.93. The number of anilines is 1. The molecule has 1 spiro atoms. The zero-order valence-corrected chi connectivity index (χ0v) is 15.8. The molecule has 4 rings (SSSR count). The number of fused-ring (bicyclic) bond motifs is 2. The first kappa shape index (κ1) is 20.0. The highest BCUT2D eigenvalue weighted by atomic mass is 35.5. The number of amides is 4. The van der Waals surface area contributed by atoms with Gasteiger partial charge in [0.2, 0.25) is 5.54 Å². The second kappa shape index (κ2) is 6.88. The van der Waals surface area contributed by atoms with Crippen molar-refractivity contribution in [2.75, 3.05) is 11.4 Å². The summed E-state index contributed by atoms with van der Waals surface area (Å²) in [5, 5.41) is 4.07. The molecule has 2 aliphatic rings. The Morgan fingerprint density at radius 1 is 1.10 bits per heavy atom. The number of halogens is 4. The smallest absolute Gasteiger partial charge is 0.312 e. The van der Waals surface area contributed by atoms with E-state index >= 15 is 0 Å². The summed E-state index contributed by atoms with van der Waals surface area (Å²) < 4.78 is 39.1. The van der Waals surface area contributed by atoms with E-state index in [1.165, 1.54) is 23.1 Å².